The Balaban J connectivity index is 1.47. The number of ether oxygens (including phenoxy) is 1. The van der Waals surface area contributed by atoms with Gasteiger partial charge in [0.15, 0.2) is 0 Å². The van der Waals surface area contributed by atoms with Crippen molar-refractivity contribution in [3.8, 4) is 0 Å². The van der Waals surface area contributed by atoms with E-state index in [-0.39, 0.29) is 0 Å². The molecule has 1 aliphatic rings. The number of rotatable bonds is 5. The van der Waals surface area contributed by atoms with Crippen LogP contribution in [0.3, 0.4) is 0 Å². The van der Waals surface area contributed by atoms with Gasteiger partial charge in [-0.1, -0.05) is 11.6 Å². The summed E-state index contributed by atoms with van der Waals surface area (Å²) in [6.45, 7) is 1.54. The summed E-state index contributed by atoms with van der Waals surface area (Å²) < 4.78 is 41.7. The third-order valence-corrected chi connectivity index (χ3v) is 5.04. The fourth-order valence-corrected chi connectivity index (χ4v) is 3.56. The molecule has 2 N–H and O–H groups in total. The molecule has 0 atom stereocenters. The first kappa shape index (κ1) is 18.9. The summed E-state index contributed by atoms with van der Waals surface area (Å²) in [6, 6.07) is 7.53. The maximum atomic E-state index is 12.3. The molecule has 0 amide bonds. The van der Waals surface area contributed by atoms with Crippen molar-refractivity contribution < 1.29 is 17.9 Å². The molecule has 3 heterocycles. The minimum Gasteiger partial charge on any atom is -0.366 e. The standard InChI is InChI=1S/C19H18ClF3N4O/c1-11-17(27-8-13(9-27)28-10-19(21,22)23)3-5-25-18(11)26-12-6-15(20)14-2-4-24-16(14)7-12/h2-7,13,24H,8-10H2,1H3,(H,25,26). The Morgan fingerprint density at radius 3 is 2.86 bits per heavy atom. The molecular formula is C19H18ClF3N4O. The van der Waals surface area contributed by atoms with E-state index in [2.05, 4.69) is 15.3 Å². The van der Waals surface area contributed by atoms with E-state index in [0.29, 0.717) is 23.9 Å². The molecule has 1 aromatic carbocycles. The average Bonchev–Trinajstić information content (AvgIpc) is 3.04. The molecule has 1 fully saturated rings. The van der Waals surface area contributed by atoms with Crippen LogP contribution in [0, 0.1) is 6.92 Å². The molecular weight excluding hydrogens is 393 g/mol. The van der Waals surface area contributed by atoms with E-state index in [1.54, 1.807) is 6.20 Å². The Morgan fingerprint density at radius 1 is 1.32 bits per heavy atom. The van der Waals surface area contributed by atoms with Crippen molar-refractivity contribution in [3.63, 3.8) is 0 Å². The minimum absolute atomic E-state index is 0.417. The zero-order valence-electron chi connectivity index (χ0n) is 15.0. The highest BCUT2D eigenvalue weighted by molar-refractivity contribution is 6.35. The zero-order chi connectivity index (χ0) is 19.9. The molecule has 0 unspecified atom stereocenters. The lowest BCUT2D eigenvalue weighted by molar-refractivity contribution is -0.187. The molecule has 4 rings (SSSR count). The van der Waals surface area contributed by atoms with Crippen molar-refractivity contribution in [3.05, 3.63) is 47.2 Å². The number of hydrogen-bond acceptors (Lipinski definition) is 4. The third kappa shape index (κ3) is 3.88. The van der Waals surface area contributed by atoms with Gasteiger partial charge in [-0.2, -0.15) is 13.2 Å². The van der Waals surface area contributed by atoms with Gasteiger partial charge in [-0.05, 0) is 31.2 Å². The zero-order valence-corrected chi connectivity index (χ0v) is 15.7. The maximum absolute atomic E-state index is 12.3. The van der Waals surface area contributed by atoms with Crippen LogP contribution >= 0.6 is 11.6 Å². The van der Waals surface area contributed by atoms with Gasteiger partial charge >= 0.3 is 6.18 Å². The van der Waals surface area contributed by atoms with Gasteiger partial charge in [-0.25, -0.2) is 4.98 Å². The van der Waals surface area contributed by atoms with E-state index in [1.807, 2.05) is 42.3 Å². The van der Waals surface area contributed by atoms with Gasteiger partial charge in [0, 0.05) is 53.3 Å². The summed E-state index contributed by atoms with van der Waals surface area (Å²) in [5.41, 5.74) is 3.52. The van der Waals surface area contributed by atoms with Crippen LogP contribution in [0.1, 0.15) is 5.56 Å². The Morgan fingerprint density at radius 2 is 2.11 bits per heavy atom. The van der Waals surface area contributed by atoms with Crippen LogP contribution in [-0.4, -0.2) is 41.9 Å². The topological polar surface area (TPSA) is 53.2 Å². The highest BCUT2D eigenvalue weighted by Gasteiger charge is 2.34. The van der Waals surface area contributed by atoms with Gasteiger partial charge in [0.25, 0.3) is 0 Å². The fourth-order valence-electron chi connectivity index (χ4n) is 3.28. The number of hydrogen-bond donors (Lipinski definition) is 2. The van der Waals surface area contributed by atoms with Crippen molar-refractivity contribution in [1.29, 1.82) is 0 Å². The van der Waals surface area contributed by atoms with E-state index in [9.17, 15) is 13.2 Å². The summed E-state index contributed by atoms with van der Waals surface area (Å²) in [6.07, 6.45) is -1.22. The highest BCUT2D eigenvalue weighted by atomic mass is 35.5. The number of halogens is 4. The second-order valence-electron chi connectivity index (χ2n) is 6.78. The molecule has 1 saturated heterocycles. The maximum Gasteiger partial charge on any atom is 0.411 e. The smallest absolute Gasteiger partial charge is 0.366 e. The lowest BCUT2D eigenvalue weighted by Crippen LogP contribution is -2.53. The van der Waals surface area contributed by atoms with Gasteiger partial charge in [-0.15, -0.1) is 0 Å². The first-order chi connectivity index (χ1) is 13.3. The molecule has 0 saturated carbocycles. The van der Waals surface area contributed by atoms with Crippen molar-refractivity contribution in [2.24, 2.45) is 0 Å². The fraction of sp³-hybridized carbons (Fsp3) is 0.316. The monoisotopic (exact) mass is 410 g/mol. The summed E-state index contributed by atoms with van der Waals surface area (Å²) in [5.74, 6) is 0.666. The third-order valence-electron chi connectivity index (χ3n) is 4.73. The van der Waals surface area contributed by atoms with Crippen molar-refractivity contribution in [2.45, 2.75) is 19.2 Å². The molecule has 0 radical (unpaired) electrons. The Hall–Kier alpha value is -2.45. The molecule has 1 aliphatic heterocycles. The van der Waals surface area contributed by atoms with E-state index >= 15 is 0 Å². The highest BCUT2D eigenvalue weighted by Crippen LogP contribution is 2.33. The second-order valence-corrected chi connectivity index (χ2v) is 7.19. The van der Waals surface area contributed by atoms with Crippen LogP contribution in [0.15, 0.2) is 36.7 Å². The molecule has 5 nitrogen and oxygen atoms in total. The van der Waals surface area contributed by atoms with Crippen molar-refractivity contribution in [1.82, 2.24) is 9.97 Å². The van der Waals surface area contributed by atoms with E-state index < -0.39 is 18.9 Å². The van der Waals surface area contributed by atoms with Crippen LogP contribution in [0.25, 0.3) is 10.9 Å². The number of pyridine rings is 1. The lowest BCUT2D eigenvalue weighted by Gasteiger charge is -2.41. The summed E-state index contributed by atoms with van der Waals surface area (Å²) in [4.78, 5) is 9.49. The summed E-state index contributed by atoms with van der Waals surface area (Å²) in [7, 11) is 0. The Bertz CT molecular complexity index is 998. The van der Waals surface area contributed by atoms with Gasteiger partial charge < -0.3 is 19.9 Å². The number of nitrogens with one attached hydrogen (secondary N) is 2. The quantitative estimate of drug-likeness (QED) is 0.619. The first-order valence-electron chi connectivity index (χ1n) is 8.73. The molecule has 0 bridgehead atoms. The summed E-state index contributed by atoms with van der Waals surface area (Å²) >= 11 is 6.32. The molecule has 148 valence electrons. The number of aromatic nitrogens is 2. The number of nitrogens with zero attached hydrogens (tertiary/aromatic N) is 2. The van der Waals surface area contributed by atoms with E-state index in [0.717, 1.165) is 27.8 Å². The molecule has 9 heteroatoms. The van der Waals surface area contributed by atoms with Gasteiger partial charge in [0.05, 0.1) is 11.1 Å². The number of benzene rings is 1. The Labute approximate surface area is 164 Å². The largest absolute Gasteiger partial charge is 0.411 e. The van der Waals surface area contributed by atoms with Gasteiger partial charge in [0.2, 0.25) is 0 Å². The molecule has 28 heavy (non-hydrogen) atoms. The second kappa shape index (κ2) is 7.18. The number of anilines is 3. The SMILES string of the molecule is Cc1c(N2CC(OCC(F)(F)F)C2)ccnc1Nc1cc(Cl)c2cc[nH]c2c1. The predicted octanol–water partition coefficient (Wildman–Crippen LogP) is 5.04. The van der Waals surface area contributed by atoms with Gasteiger partial charge in [-0.3, -0.25) is 0 Å². The minimum atomic E-state index is -4.30. The van der Waals surface area contributed by atoms with Crippen LogP contribution in [0.4, 0.5) is 30.4 Å². The number of aromatic amines is 1. The molecule has 0 aliphatic carbocycles. The van der Waals surface area contributed by atoms with Crippen LogP contribution in [0.2, 0.25) is 5.02 Å². The van der Waals surface area contributed by atoms with Crippen LogP contribution in [0.5, 0.6) is 0 Å². The normalized spacial score (nSPS) is 15.1. The molecule has 0 spiro atoms. The molecule has 2 aromatic heterocycles. The summed E-state index contributed by atoms with van der Waals surface area (Å²) in [5, 5.41) is 4.84. The first-order valence-corrected chi connectivity index (χ1v) is 9.10. The van der Waals surface area contributed by atoms with Crippen molar-refractivity contribution in [2.75, 3.05) is 29.9 Å². The van der Waals surface area contributed by atoms with E-state index in [4.69, 9.17) is 16.3 Å². The number of fused-ring (bicyclic) bond motifs is 1. The van der Waals surface area contributed by atoms with E-state index in [1.165, 1.54) is 0 Å². The number of alkyl halides is 3. The van der Waals surface area contributed by atoms with Crippen molar-refractivity contribution >= 4 is 39.7 Å². The van der Waals surface area contributed by atoms with Crippen LogP contribution < -0.4 is 10.2 Å². The molecule has 3 aromatic rings. The van der Waals surface area contributed by atoms with Crippen LogP contribution in [-0.2, 0) is 4.74 Å². The lowest BCUT2D eigenvalue weighted by atomic mass is 10.1. The van der Waals surface area contributed by atoms with Gasteiger partial charge in [0.1, 0.15) is 12.4 Å². The number of H-pyrrole nitrogens is 1. The average molecular weight is 411 g/mol. The predicted molar refractivity (Wildman–Crippen MR) is 104 cm³/mol. The Kier molecular flexibility index (Phi) is 4.84.